The Kier molecular flexibility index (Phi) is 3.87. The highest BCUT2D eigenvalue weighted by atomic mass is 32.2. The molecular weight excluding hydrogens is 246 g/mol. The number of Topliss-reactive ketones (excluding diaryl/α,β-unsaturated/α-hetero) is 1. The van der Waals surface area contributed by atoms with Crippen molar-refractivity contribution in [3.05, 3.63) is 46.9 Å². The second-order valence-corrected chi connectivity index (χ2v) is 5.46. The van der Waals surface area contributed by atoms with Crippen molar-refractivity contribution < 1.29 is 9.59 Å². The van der Waals surface area contributed by atoms with Gasteiger partial charge in [-0.15, -0.1) is 11.8 Å². The van der Waals surface area contributed by atoms with Crippen LogP contribution in [0.3, 0.4) is 0 Å². The topological polar surface area (TPSA) is 60.2 Å². The summed E-state index contributed by atoms with van der Waals surface area (Å²) in [6.07, 6.45) is 2.81. The van der Waals surface area contributed by atoms with Gasteiger partial charge in [0.25, 0.3) is 0 Å². The molecule has 0 saturated heterocycles. The minimum absolute atomic E-state index is 0.00409. The quantitative estimate of drug-likeness (QED) is 0.847. The molecule has 0 bridgehead atoms. The fourth-order valence-corrected chi connectivity index (χ4v) is 2.73. The van der Waals surface area contributed by atoms with Crippen molar-refractivity contribution in [3.63, 3.8) is 0 Å². The first-order valence-electron chi connectivity index (χ1n) is 5.83. The van der Waals surface area contributed by atoms with E-state index in [4.69, 9.17) is 5.73 Å². The first-order valence-corrected chi connectivity index (χ1v) is 6.78. The van der Waals surface area contributed by atoms with Gasteiger partial charge in [-0.05, 0) is 24.3 Å². The lowest BCUT2D eigenvalue weighted by Crippen LogP contribution is -2.19. The standard InChI is InChI=1S/C14H15NO2S/c1-9(14(15)17)10-4-6-11(7-5-10)13(16)12-3-2-8-18-12/h2,4-9,12H,3H2,1H3,(H2,15,17). The highest BCUT2D eigenvalue weighted by Crippen LogP contribution is 2.27. The number of amides is 1. The van der Waals surface area contributed by atoms with E-state index in [0.717, 1.165) is 12.0 Å². The minimum Gasteiger partial charge on any atom is -0.369 e. The second-order valence-electron chi connectivity index (χ2n) is 4.34. The van der Waals surface area contributed by atoms with Crippen molar-refractivity contribution in [1.82, 2.24) is 0 Å². The number of nitrogens with two attached hydrogens (primary N) is 1. The second kappa shape index (κ2) is 5.40. The van der Waals surface area contributed by atoms with Gasteiger partial charge in [0, 0.05) is 5.56 Å². The zero-order valence-corrected chi connectivity index (χ0v) is 10.9. The average Bonchev–Trinajstić information content (AvgIpc) is 2.91. The SMILES string of the molecule is CC(C(N)=O)c1ccc(C(=O)C2CC=CS2)cc1. The van der Waals surface area contributed by atoms with E-state index in [0.29, 0.717) is 5.56 Å². The van der Waals surface area contributed by atoms with Crippen molar-refractivity contribution in [3.8, 4) is 0 Å². The molecule has 2 atom stereocenters. The molecule has 1 amide bonds. The normalized spacial score (nSPS) is 19.7. The van der Waals surface area contributed by atoms with Gasteiger partial charge in [-0.3, -0.25) is 9.59 Å². The number of hydrogen-bond acceptors (Lipinski definition) is 3. The maximum Gasteiger partial charge on any atom is 0.224 e. The molecule has 1 aliphatic rings. The van der Waals surface area contributed by atoms with Gasteiger partial charge in [0.05, 0.1) is 11.2 Å². The lowest BCUT2D eigenvalue weighted by atomic mass is 9.97. The summed E-state index contributed by atoms with van der Waals surface area (Å²) in [6, 6.07) is 7.15. The molecule has 0 fully saturated rings. The molecule has 1 aromatic rings. The van der Waals surface area contributed by atoms with Crippen LogP contribution in [0.2, 0.25) is 0 Å². The Bertz CT molecular complexity index is 485. The van der Waals surface area contributed by atoms with Crippen molar-refractivity contribution in [2.24, 2.45) is 5.73 Å². The van der Waals surface area contributed by atoms with E-state index >= 15 is 0 Å². The molecule has 0 spiro atoms. The van der Waals surface area contributed by atoms with Crippen LogP contribution in [-0.2, 0) is 4.79 Å². The molecule has 0 saturated carbocycles. The van der Waals surface area contributed by atoms with Crippen LogP contribution >= 0.6 is 11.8 Å². The van der Waals surface area contributed by atoms with E-state index in [1.165, 1.54) is 0 Å². The molecule has 0 aliphatic carbocycles. The summed E-state index contributed by atoms with van der Waals surface area (Å²) in [4.78, 5) is 23.2. The first-order chi connectivity index (χ1) is 8.59. The zero-order valence-electron chi connectivity index (χ0n) is 10.1. The third-order valence-corrected chi connectivity index (χ3v) is 4.19. The molecule has 2 N–H and O–H groups in total. The summed E-state index contributed by atoms with van der Waals surface area (Å²) in [5.74, 6) is -0.537. The fraction of sp³-hybridized carbons (Fsp3) is 0.286. The Hall–Kier alpha value is -1.55. The Labute approximate surface area is 110 Å². The molecule has 1 aliphatic heterocycles. The van der Waals surface area contributed by atoms with Crippen LogP contribution in [0.5, 0.6) is 0 Å². The van der Waals surface area contributed by atoms with Crippen LogP contribution in [0.15, 0.2) is 35.7 Å². The highest BCUT2D eigenvalue weighted by Gasteiger charge is 2.21. The molecule has 3 nitrogen and oxygen atoms in total. The Morgan fingerprint density at radius 3 is 2.50 bits per heavy atom. The highest BCUT2D eigenvalue weighted by molar-refractivity contribution is 8.03. The van der Waals surface area contributed by atoms with Crippen LogP contribution in [0, 0.1) is 0 Å². The van der Waals surface area contributed by atoms with Crippen LogP contribution in [0.4, 0.5) is 0 Å². The number of ketones is 1. The molecule has 0 aromatic heterocycles. The maximum absolute atomic E-state index is 12.1. The Balaban J connectivity index is 2.12. The molecule has 1 aromatic carbocycles. The number of primary amides is 1. The van der Waals surface area contributed by atoms with Crippen LogP contribution in [0.25, 0.3) is 0 Å². The Morgan fingerprint density at radius 2 is 2.00 bits per heavy atom. The number of benzene rings is 1. The summed E-state index contributed by atoms with van der Waals surface area (Å²) in [6.45, 7) is 1.76. The molecule has 94 valence electrons. The maximum atomic E-state index is 12.1. The minimum atomic E-state index is -0.357. The number of carbonyl (C=O) groups excluding carboxylic acids is 2. The van der Waals surface area contributed by atoms with E-state index in [2.05, 4.69) is 0 Å². The number of hydrogen-bond donors (Lipinski definition) is 1. The monoisotopic (exact) mass is 261 g/mol. The molecule has 0 radical (unpaired) electrons. The van der Waals surface area contributed by atoms with Crippen LogP contribution < -0.4 is 5.73 Å². The van der Waals surface area contributed by atoms with Gasteiger partial charge < -0.3 is 5.73 Å². The number of carbonyl (C=O) groups is 2. The predicted molar refractivity (Wildman–Crippen MR) is 73.5 cm³/mol. The van der Waals surface area contributed by atoms with Gasteiger partial charge in [-0.2, -0.15) is 0 Å². The van der Waals surface area contributed by atoms with Gasteiger partial charge in [0.15, 0.2) is 5.78 Å². The molecule has 4 heteroatoms. The number of allylic oxidation sites excluding steroid dienone is 1. The first kappa shape index (κ1) is 12.9. The van der Waals surface area contributed by atoms with E-state index in [1.54, 1.807) is 43.0 Å². The lowest BCUT2D eigenvalue weighted by Gasteiger charge is -2.10. The lowest BCUT2D eigenvalue weighted by molar-refractivity contribution is -0.119. The smallest absolute Gasteiger partial charge is 0.224 e. The van der Waals surface area contributed by atoms with Gasteiger partial charge in [-0.25, -0.2) is 0 Å². The van der Waals surface area contributed by atoms with Crippen LogP contribution in [-0.4, -0.2) is 16.9 Å². The molecular formula is C14H15NO2S. The van der Waals surface area contributed by atoms with Crippen molar-refractivity contribution in [2.45, 2.75) is 24.5 Å². The third-order valence-electron chi connectivity index (χ3n) is 3.10. The third kappa shape index (κ3) is 2.64. The summed E-state index contributed by atoms with van der Waals surface area (Å²) in [5, 5.41) is 1.97. The molecule has 2 unspecified atom stereocenters. The summed E-state index contributed by atoms with van der Waals surface area (Å²) in [7, 11) is 0. The Morgan fingerprint density at radius 1 is 1.33 bits per heavy atom. The van der Waals surface area contributed by atoms with Gasteiger partial charge >= 0.3 is 0 Å². The zero-order chi connectivity index (χ0) is 13.1. The van der Waals surface area contributed by atoms with Crippen LogP contribution in [0.1, 0.15) is 35.2 Å². The van der Waals surface area contributed by atoms with E-state index in [-0.39, 0.29) is 22.9 Å². The molecule has 18 heavy (non-hydrogen) atoms. The van der Waals surface area contributed by atoms with Crippen molar-refractivity contribution in [1.29, 1.82) is 0 Å². The summed E-state index contributed by atoms with van der Waals surface area (Å²) >= 11 is 1.56. The van der Waals surface area contributed by atoms with Crippen molar-refractivity contribution in [2.75, 3.05) is 0 Å². The average molecular weight is 261 g/mol. The predicted octanol–water partition coefficient (Wildman–Crippen LogP) is 2.48. The van der Waals surface area contributed by atoms with E-state index < -0.39 is 0 Å². The van der Waals surface area contributed by atoms with Crippen molar-refractivity contribution >= 4 is 23.5 Å². The van der Waals surface area contributed by atoms with Gasteiger partial charge in [0.1, 0.15) is 0 Å². The van der Waals surface area contributed by atoms with Gasteiger partial charge in [0.2, 0.25) is 5.91 Å². The summed E-state index contributed by atoms with van der Waals surface area (Å²) in [5.41, 5.74) is 6.78. The van der Waals surface area contributed by atoms with Gasteiger partial charge in [-0.1, -0.05) is 30.3 Å². The molecule has 1 heterocycles. The fourth-order valence-electron chi connectivity index (χ4n) is 1.84. The number of rotatable bonds is 4. The van der Waals surface area contributed by atoms with E-state index in [9.17, 15) is 9.59 Å². The number of thioether (sulfide) groups is 1. The largest absolute Gasteiger partial charge is 0.369 e. The summed E-state index contributed by atoms with van der Waals surface area (Å²) < 4.78 is 0. The van der Waals surface area contributed by atoms with E-state index in [1.807, 2.05) is 11.5 Å². The molecule has 2 rings (SSSR count).